The molecule has 0 fully saturated rings. The van der Waals surface area contributed by atoms with Gasteiger partial charge in [0, 0.05) is 5.92 Å². The lowest BCUT2D eigenvalue weighted by atomic mass is 9.76. The Bertz CT molecular complexity index is 864. The van der Waals surface area contributed by atoms with E-state index in [0.717, 1.165) is 29.7 Å². The summed E-state index contributed by atoms with van der Waals surface area (Å²) in [5.41, 5.74) is 7.27. The highest BCUT2D eigenvalue weighted by Gasteiger charge is 2.27. The zero-order chi connectivity index (χ0) is 22.1. The third kappa shape index (κ3) is 4.97. The first-order valence-electron chi connectivity index (χ1n) is 10.8. The Morgan fingerprint density at radius 2 is 1.31 bits per heavy atom. The fourth-order valence-corrected chi connectivity index (χ4v) is 4.28. The lowest BCUT2D eigenvalue weighted by Crippen LogP contribution is -2.16. The quantitative estimate of drug-likeness (QED) is 0.565. The molecule has 2 aromatic carbocycles. The van der Waals surface area contributed by atoms with Gasteiger partial charge in [-0.05, 0) is 76.6 Å². The van der Waals surface area contributed by atoms with E-state index in [-0.39, 0.29) is 10.8 Å². The Morgan fingerprint density at radius 1 is 0.828 bits per heavy atom. The molecule has 0 heterocycles. The third-order valence-electron chi connectivity index (χ3n) is 5.92. The van der Waals surface area contributed by atoms with E-state index in [9.17, 15) is 5.11 Å². The van der Waals surface area contributed by atoms with E-state index in [0.29, 0.717) is 11.7 Å². The van der Waals surface area contributed by atoms with Crippen LogP contribution >= 0.6 is 0 Å². The van der Waals surface area contributed by atoms with E-state index >= 15 is 0 Å². The number of methoxy groups -OCH3 is 1. The lowest BCUT2D eigenvalue weighted by molar-refractivity contribution is 0.396. The summed E-state index contributed by atoms with van der Waals surface area (Å²) in [5, 5.41) is 10.6. The molecule has 0 amide bonds. The Kier molecular flexibility index (Phi) is 6.77. The summed E-state index contributed by atoms with van der Waals surface area (Å²) < 4.78 is 5.72. The highest BCUT2D eigenvalue weighted by molar-refractivity contribution is 5.53. The summed E-state index contributed by atoms with van der Waals surface area (Å²) >= 11 is 0. The number of hydrogen-bond donors (Lipinski definition) is 1. The Labute approximate surface area is 178 Å². The average Bonchev–Trinajstić information content (AvgIpc) is 2.58. The van der Waals surface area contributed by atoms with Crippen LogP contribution in [0.1, 0.15) is 101 Å². The van der Waals surface area contributed by atoms with E-state index < -0.39 is 0 Å². The van der Waals surface area contributed by atoms with Crippen LogP contribution in [-0.2, 0) is 10.8 Å². The first-order chi connectivity index (χ1) is 13.3. The minimum atomic E-state index is -0.102. The molecule has 0 spiro atoms. The smallest absolute Gasteiger partial charge is 0.122 e. The number of aromatic hydroxyl groups is 1. The maximum atomic E-state index is 10.6. The average molecular weight is 397 g/mol. The molecule has 0 aromatic heterocycles. The first kappa shape index (κ1) is 23.3. The fraction of sp³-hybridized carbons (Fsp3) is 0.556. The fourth-order valence-electron chi connectivity index (χ4n) is 4.28. The molecule has 1 unspecified atom stereocenters. The van der Waals surface area contributed by atoms with Crippen LogP contribution < -0.4 is 4.74 Å². The largest absolute Gasteiger partial charge is 0.508 e. The van der Waals surface area contributed by atoms with Gasteiger partial charge in [0.05, 0.1) is 7.11 Å². The summed E-state index contributed by atoms with van der Waals surface area (Å²) in [6, 6.07) is 8.74. The van der Waals surface area contributed by atoms with Crippen LogP contribution in [0.4, 0.5) is 0 Å². The SMILES string of the molecule is CCCC(c1cc(C(C)(C)C)c(O)cc1C)c1cc(C(C)(C)C)c(OC)cc1C. The second-order valence-electron chi connectivity index (χ2n) is 10.5. The summed E-state index contributed by atoms with van der Waals surface area (Å²) in [4.78, 5) is 0. The van der Waals surface area contributed by atoms with Crippen molar-refractivity contribution in [2.75, 3.05) is 7.11 Å². The molecule has 1 atom stereocenters. The van der Waals surface area contributed by atoms with Crippen molar-refractivity contribution in [3.8, 4) is 11.5 Å². The van der Waals surface area contributed by atoms with Crippen LogP contribution in [0.25, 0.3) is 0 Å². The van der Waals surface area contributed by atoms with Crippen molar-refractivity contribution < 1.29 is 9.84 Å². The highest BCUT2D eigenvalue weighted by Crippen LogP contribution is 2.42. The number of hydrogen-bond acceptors (Lipinski definition) is 2. The molecule has 2 heteroatoms. The van der Waals surface area contributed by atoms with E-state index in [1.165, 1.54) is 22.3 Å². The van der Waals surface area contributed by atoms with Crippen molar-refractivity contribution in [3.05, 3.63) is 57.6 Å². The summed E-state index contributed by atoms with van der Waals surface area (Å²) in [7, 11) is 1.76. The molecule has 2 aromatic rings. The molecule has 2 rings (SSSR count). The summed E-state index contributed by atoms with van der Waals surface area (Å²) in [6.07, 6.45) is 2.18. The standard InChI is InChI=1S/C27H40O2/c1-11-12-19(20-15-22(26(4,5)6)24(28)13-17(20)2)21-16-23(27(7,8)9)25(29-10)14-18(21)3/h13-16,19,28H,11-12H2,1-10H3. The van der Waals surface area contributed by atoms with Gasteiger partial charge < -0.3 is 9.84 Å². The van der Waals surface area contributed by atoms with E-state index in [2.05, 4.69) is 80.5 Å². The van der Waals surface area contributed by atoms with Gasteiger partial charge in [0.1, 0.15) is 11.5 Å². The second-order valence-corrected chi connectivity index (χ2v) is 10.5. The number of rotatable bonds is 5. The number of phenols is 1. The second kappa shape index (κ2) is 8.42. The van der Waals surface area contributed by atoms with Crippen molar-refractivity contribution >= 4 is 0 Å². The summed E-state index contributed by atoms with van der Waals surface area (Å²) in [5.74, 6) is 1.66. The van der Waals surface area contributed by atoms with Crippen molar-refractivity contribution in [1.29, 1.82) is 0 Å². The van der Waals surface area contributed by atoms with Crippen molar-refractivity contribution in [1.82, 2.24) is 0 Å². The molecular formula is C27H40O2. The molecule has 0 saturated heterocycles. The van der Waals surface area contributed by atoms with Gasteiger partial charge in [-0.15, -0.1) is 0 Å². The molecule has 0 aliphatic carbocycles. The molecule has 160 valence electrons. The van der Waals surface area contributed by atoms with Gasteiger partial charge in [-0.25, -0.2) is 0 Å². The number of ether oxygens (including phenoxy) is 1. The number of phenolic OH excluding ortho intramolecular Hbond substituents is 1. The van der Waals surface area contributed by atoms with Crippen molar-refractivity contribution in [2.24, 2.45) is 0 Å². The molecule has 0 radical (unpaired) electrons. The minimum absolute atomic E-state index is 0.00509. The molecule has 29 heavy (non-hydrogen) atoms. The predicted molar refractivity (Wildman–Crippen MR) is 125 cm³/mol. The Balaban J connectivity index is 2.76. The number of benzene rings is 2. The zero-order valence-corrected chi connectivity index (χ0v) is 20.2. The topological polar surface area (TPSA) is 29.5 Å². The molecular weight excluding hydrogens is 356 g/mol. The molecule has 2 nitrogen and oxygen atoms in total. The minimum Gasteiger partial charge on any atom is -0.508 e. The van der Waals surface area contributed by atoms with E-state index in [1.54, 1.807) is 7.11 Å². The van der Waals surface area contributed by atoms with Crippen LogP contribution in [-0.4, -0.2) is 12.2 Å². The van der Waals surface area contributed by atoms with Gasteiger partial charge in [-0.2, -0.15) is 0 Å². The van der Waals surface area contributed by atoms with Gasteiger partial charge >= 0.3 is 0 Å². The molecule has 0 aliphatic heterocycles. The van der Waals surface area contributed by atoms with Gasteiger partial charge in [0.2, 0.25) is 0 Å². The Morgan fingerprint density at radius 3 is 1.76 bits per heavy atom. The van der Waals surface area contributed by atoms with Crippen LogP contribution in [0.2, 0.25) is 0 Å². The first-order valence-corrected chi connectivity index (χ1v) is 10.8. The van der Waals surface area contributed by atoms with Crippen LogP contribution in [0, 0.1) is 13.8 Å². The molecule has 0 bridgehead atoms. The Hall–Kier alpha value is -1.96. The third-order valence-corrected chi connectivity index (χ3v) is 5.92. The lowest BCUT2D eigenvalue weighted by Gasteiger charge is -2.29. The van der Waals surface area contributed by atoms with Gasteiger partial charge in [-0.1, -0.05) is 67.0 Å². The van der Waals surface area contributed by atoms with Crippen molar-refractivity contribution in [3.63, 3.8) is 0 Å². The maximum absolute atomic E-state index is 10.6. The van der Waals surface area contributed by atoms with E-state index in [1.807, 2.05) is 6.07 Å². The van der Waals surface area contributed by atoms with Gasteiger partial charge in [0.15, 0.2) is 0 Å². The highest BCUT2D eigenvalue weighted by atomic mass is 16.5. The predicted octanol–water partition coefficient (Wildman–Crippen LogP) is 7.54. The number of aryl methyl sites for hydroxylation is 2. The molecule has 0 saturated carbocycles. The van der Waals surface area contributed by atoms with E-state index in [4.69, 9.17) is 4.74 Å². The van der Waals surface area contributed by atoms with Crippen molar-refractivity contribution in [2.45, 2.75) is 91.9 Å². The van der Waals surface area contributed by atoms with Crippen LogP contribution in [0.15, 0.2) is 24.3 Å². The normalized spacial score (nSPS) is 13.4. The van der Waals surface area contributed by atoms with Crippen LogP contribution in [0.5, 0.6) is 11.5 Å². The zero-order valence-electron chi connectivity index (χ0n) is 20.2. The van der Waals surface area contributed by atoms with Gasteiger partial charge in [0.25, 0.3) is 0 Å². The monoisotopic (exact) mass is 396 g/mol. The van der Waals surface area contributed by atoms with Gasteiger partial charge in [-0.3, -0.25) is 0 Å². The molecule has 0 aliphatic rings. The molecule has 1 N–H and O–H groups in total. The maximum Gasteiger partial charge on any atom is 0.122 e. The summed E-state index contributed by atoms with van der Waals surface area (Å²) in [6.45, 7) is 19.7. The van der Waals surface area contributed by atoms with Crippen LogP contribution in [0.3, 0.4) is 0 Å².